The summed E-state index contributed by atoms with van der Waals surface area (Å²) in [5, 5.41) is 8.48. The van der Waals surface area contributed by atoms with Gasteiger partial charge in [-0.1, -0.05) is 30.7 Å². The van der Waals surface area contributed by atoms with Gasteiger partial charge in [0.2, 0.25) is 0 Å². The normalized spacial score (nSPS) is 12.6. The molecule has 0 saturated heterocycles. The lowest BCUT2D eigenvalue weighted by Crippen LogP contribution is -2.19. The quantitative estimate of drug-likeness (QED) is 0.897. The number of nitrogens with one attached hydrogen (secondary N) is 1. The molecule has 96 valence electrons. The maximum Gasteiger partial charge on any atom is 0.0534 e. The van der Waals surface area contributed by atoms with E-state index in [2.05, 4.69) is 29.5 Å². The van der Waals surface area contributed by atoms with Gasteiger partial charge in [-0.25, -0.2) is 0 Å². The first-order valence-electron chi connectivity index (χ1n) is 6.15. The third-order valence-corrected chi connectivity index (χ3v) is 3.24. The maximum atomic E-state index is 5.90. The van der Waals surface area contributed by atoms with Crippen LogP contribution in [0.25, 0.3) is 0 Å². The van der Waals surface area contributed by atoms with Crippen LogP contribution in [0.4, 0.5) is 0 Å². The van der Waals surface area contributed by atoms with E-state index in [0.717, 1.165) is 18.0 Å². The molecule has 2 rings (SSSR count). The number of rotatable bonds is 5. The van der Waals surface area contributed by atoms with Gasteiger partial charge in [0.25, 0.3) is 0 Å². The van der Waals surface area contributed by atoms with Gasteiger partial charge in [-0.05, 0) is 24.1 Å². The Hall–Kier alpha value is -1.32. The summed E-state index contributed by atoms with van der Waals surface area (Å²) in [7, 11) is 1.93. The summed E-state index contributed by atoms with van der Waals surface area (Å²) < 4.78 is 1.82. The summed E-state index contributed by atoms with van der Waals surface area (Å²) in [5.74, 6) is 0. The number of aryl methyl sites for hydroxylation is 1. The van der Waals surface area contributed by atoms with Crippen LogP contribution in [0.2, 0.25) is 5.02 Å². The van der Waals surface area contributed by atoms with Crippen molar-refractivity contribution >= 4 is 11.6 Å². The summed E-state index contributed by atoms with van der Waals surface area (Å²) in [5.41, 5.74) is 2.47. The largest absolute Gasteiger partial charge is 0.306 e. The highest BCUT2D eigenvalue weighted by Crippen LogP contribution is 2.19. The molecule has 0 saturated carbocycles. The highest BCUT2D eigenvalue weighted by Gasteiger charge is 2.08. The van der Waals surface area contributed by atoms with Crippen LogP contribution in [0.15, 0.2) is 36.7 Å². The molecule has 2 aromatic rings. The van der Waals surface area contributed by atoms with Crippen LogP contribution >= 0.6 is 11.6 Å². The van der Waals surface area contributed by atoms with Crippen molar-refractivity contribution in [1.82, 2.24) is 15.1 Å². The van der Waals surface area contributed by atoms with Crippen molar-refractivity contribution in [3.05, 3.63) is 52.8 Å². The highest BCUT2D eigenvalue weighted by molar-refractivity contribution is 6.30. The lowest BCUT2D eigenvalue weighted by atomic mass is 10.0. The highest BCUT2D eigenvalue weighted by atomic mass is 35.5. The van der Waals surface area contributed by atoms with E-state index in [0.29, 0.717) is 6.04 Å². The minimum absolute atomic E-state index is 0.350. The standard InChI is InChI=1S/C14H18ClN3/c1-3-14(12-4-6-13(15)7-5-12)16-8-11-9-17-18(2)10-11/h4-7,9-10,14,16H,3,8H2,1-2H3. The van der Waals surface area contributed by atoms with Crippen LogP contribution in [0.5, 0.6) is 0 Å². The summed E-state index contributed by atoms with van der Waals surface area (Å²) in [4.78, 5) is 0. The monoisotopic (exact) mass is 263 g/mol. The van der Waals surface area contributed by atoms with Gasteiger partial charge in [0.1, 0.15) is 0 Å². The van der Waals surface area contributed by atoms with Crippen LogP contribution in [0, 0.1) is 0 Å². The van der Waals surface area contributed by atoms with E-state index in [4.69, 9.17) is 11.6 Å². The molecule has 1 unspecified atom stereocenters. The predicted octanol–water partition coefficient (Wildman–Crippen LogP) is 3.31. The van der Waals surface area contributed by atoms with E-state index >= 15 is 0 Å². The Morgan fingerprint density at radius 2 is 2.06 bits per heavy atom. The van der Waals surface area contributed by atoms with E-state index in [1.165, 1.54) is 11.1 Å². The molecule has 1 N–H and O–H groups in total. The third kappa shape index (κ3) is 3.34. The Labute approximate surface area is 113 Å². The van der Waals surface area contributed by atoms with Gasteiger partial charge in [-0.2, -0.15) is 5.10 Å². The zero-order valence-corrected chi connectivity index (χ0v) is 11.5. The van der Waals surface area contributed by atoms with Crippen LogP contribution in [-0.2, 0) is 13.6 Å². The molecule has 1 aromatic heterocycles. The SMILES string of the molecule is CCC(NCc1cnn(C)c1)c1ccc(Cl)cc1. The topological polar surface area (TPSA) is 29.9 Å². The van der Waals surface area contributed by atoms with E-state index in [9.17, 15) is 0 Å². The molecule has 1 atom stereocenters. The first-order chi connectivity index (χ1) is 8.69. The van der Waals surface area contributed by atoms with Gasteiger partial charge in [0, 0.05) is 36.4 Å². The fourth-order valence-corrected chi connectivity index (χ4v) is 2.12. The average molecular weight is 264 g/mol. The number of hydrogen-bond donors (Lipinski definition) is 1. The minimum atomic E-state index is 0.350. The molecule has 0 aliphatic carbocycles. The van der Waals surface area contributed by atoms with E-state index in [1.807, 2.05) is 36.3 Å². The zero-order chi connectivity index (χ0) is 13.0. The number of halogens is 1. The molecule has 4 heteroatoms. The number of aromatic nitrogens is 2. The van der Waals surface area contributed by atoms with Gasteiger partial charge < -0.3 is 5.32 Å². The van der Waals surface area contributed by atoms with Crippen LogP contribution in [0.1, 0.15) is 30.5 Å². The number of benzene rings is 1. The van der Waals surface area contributed by atoms with Gasteiger partial charge in [-0.15, -0.1) is 0 Å². The first kappa shape index (κ1) is 13.1. The summed E-state index contributed by atoms with van der Waals surface area (Å²) in [6.07, 6.45) is 4.96. The summed E-state index contributed by atoms with van der Waals surface area (Å²) in [6, 6.07) is 8.37. The Morgan fingerprint density at radius 3 is 2.61 bits per heavy atom. The van der Waals surface area contributed by atoms with Crippen molar-refractivity contribution in [1.29, 1.82) is 0 Å². The van der Waals surface area contributed by atoms with Crippen LogP contribution in [0.3, 0.4) is 0 Å². The predicted molar refractivity (Wildman–Crippen MR) is 74.5 cm³/mol. The molecule has 0 spiro atoms. The van der Waals surface area contributed by atoms with Crippen molar-refractivity contribution in [2.45, 2.75) is 25.9 Å². The van der Waals surface area contributed by atoms with Crippen molar-refractivity contribution in [3.8, 4) is 0 Å². The van der Waals surface area contributed by atoms with E-state index in [1.54, 1.807) is 0 Å². The molecule has 0 aliphatic heterocycles. The van der Waals surface area contributed by atoms with E-state index < -0.39 is 0 Å². The Kier molecular flexibility index (Phi) is 4.39. The van der Waals surface area contributed by atoms with Gasteiger partial charge in [0.05, 0.1) is 6.20 Å². The van der Waals surface area contributed by atoms with E-state index in [-0.39, 0.29) is 0 Å². The van der Waals surface area contributed by atoms with Crippen LogP contribution < -0.4 is 5.32 Å². The summed E-state index contributed by atoms with van der Waals surface area (Å²) in [6.45, 7) is 3.00. The van der Waals surface area contributed by atoms with Gasteiger partial charge in [-0.3, -0.25) is 4.68 Å². The second-order valence-corrected chi connectivity index (χ2v) is 4.85. The molecular formula is C14H18ClN3. The minimum Gasteiger partial charge on any atom is -0.306 e. The van der Waals surface area contributed by atoms with Gasteiger partial charge >= 0.3 is 0 Å². The second-order valence-electron chi connectivity index (χ2n) is 4.42. The molecule has 3 nitrogen and oxygen atoms in total. The maximum absolute atomic E-state index is 5.90. The molecule has 1 aromatic carbocycles. The molecule has 0 radical (unpaired) electrons. The Balaban J connectivity index is 1.99. The first-order valence-corrected chi connectivity index (χ1v) is 6.53. The van der Waals surface area contributed by atoms with Gasteiger partial charge in [0.15, 0.2) is 0 Å². The lowest BCUT2D eigenvalue weighted by Gasteiger charge is -2.17. The zero-order valence-electron chi connectivity index (χ0n) is 10.7. The second kappa shape index (κ2) is 6.03. The summed E-state index contributed by atoms with van der Waals surface area (Å²) >= 11 is 5.90. The smallest absolute Gasteiger partial charge is 0.0534 e. The number of hydrogen-bond acceptors (Lipinski definition) is 2. The molecule has 0 bridgehead atoms. The number of nitrogens with zero attached hydrogens (tertiary/aromatic N) is 2. The lowest BCUT2D eigenvalue weighted by molar-refractivity contribution is 0.519. The molecule has 1 heterocycles. The average Bonchev–Trinajstić information content (AvgIpc) is 2.78. The van der Waals surface area contributed by atoms with Crippen molar-refractivity contribution in [3.63, 3.8) is 0 Å². The third-order valence-electron chi connectivity index (χ3n) is 2.99. The van der Waals surface area contributed by atoms with Crippen LogP contribution in [-0.4, -0.2) is 9.78 Å². The molecule has 18 heavy (non-hydrogen) atoms. The fourth-order valence-electron chi connectivity index (χ4n) is 2.00. The molecule has 0 fully saturated rings. The molecule has 0 amide bonds. The Morgan fingerprint density at radius 1 is 1.33 bits per heavy atom. The Bertz CT molecular complexity index is 490. The van der Waals surface area contributed by atoms with Crippen molar-refractivity contribution in [2.75, 3.05) is 0 Å². The fraction of sp³-hybridized carbons (Fsp3) is 0.357. The molecular weight excluding hydrogens is 246 g/mol. The molecule has 0 aliphatic rings. The van der Waals surface area contributed by atoms with Crippen molar-refractivity contribution in [2.24, 2.45) is 7.05 Å². The van der Waals surface area contributed by atoms with Crippen molar-refractivity contribution < 1.29 is 0 Å².